The van der Waals surface area contributed by atoms with Crippen LogP contribution in [0.5, 0.6) is 28.7 Å². The van der Waals surface area contributed by atoms with E-state index in [0.29, 0.717) is 11.3 Å². The molecule has 0 aliphatic carbocycles. The van der Waals surface area contributed by atoms with Gasteiger partial charge < -0.3 is 49.6 Å². The highest BCUT2D eigenvalue weighted by molar-refractivity contribution is 6.02. The van der Waals surface area contributed by atoms with E-state index in [4.69, 9.17) is 18.9 Å². The third kappa shape index (κ3) is 4.28. The molecule has 0 amide bonds. The highest BCUT2D eigenvalue weighted by atomic mass is 16.7. The van der Waals surface area contributed by atoms with Gasteiger partial charge in [0.1, 0.15) is 53.3 Å². The molecule has 4 rings (SSSR count). The Balaban J connectivity index is 1.59. The fourth-order valence-corrected chi connectivity index (χ4v) is 3.83. The summed E-state index contributed by atoms with van der Waals surface area (Å²) in [5, 5.41) is 59.7. The van der Waals surface area contributed by atoms with E-state index in [9.17, 15) is 35.4 Å². The second-order valence-corrected chi connectivity index (χ2v) is 7.80. The van der Waals surface area contributed by atoms with Crippen molar-refractivity contribution in [3.05, 3.63) is 41.5 Å². The summed E-state index contributed by atoms with van der Waals surface area (Å²) in [5.41, 5.74) is 0.484. The van der Waals surface area contributed by atoms with Crippen molar-refractivity contribution >= 4 is 5.78 Å². The molecule has 2 aromatic carbocycles. The molecular weight excluding hydrogens is 440 g/mol. The van der Waals surface area contributed by atoms with Gasteiger partial charge in [-0.1, -0.05) is 6.07 Å². The number of rotatable bonds is 5. The fraction of sp³-hybridized carbons (Fsp3) is 0.409. The maximum Gasteiger partial charge on any atom is 0.229 e. The van der Waals surface area contributed by atoms with E-state index in [2.05, 4.69) is 0 Å². The van der Waals surface area contributed by atoms with Gasteiger partial charge in [-0.25, -0.2) is 0 Å². The van der Waals surface area contributed by atoms with Crippen LogP contribution in [0.3, 0.4) is 0 Å². The molecule has 0 saturated carbocycles. The molecule has 2 aromatic rings. The first-order chi connectivity index (χ1) is 15.7. The van der Waals surface area contributed by atoms with Crippen LogP contribution in [-0.2, 0) is 4.74 Å². The summed E-state index contributed by atoms with van der Waals surface area (Å²) >= 11 is 0. The number of aliphatic hydroxyl groups excluding tert-OH is 4. The van der Waals surface area contributed by atoms with Crippen molar-refractivity contribution in [2.75, 3.05) is 13.7 Å². The standard InChI is InChI=1S/C22H24O11/c1-30-10-5-12(25)18-13(26)7-14(31-16(18)6-10)9-2-3-11(24)15(4-9)32-22-21(29)20(28)19(27)17(8-23)33-22/h2-6,14,17,19-25,27-29H,7-8H2,1H3/t14?,17-,19-,20+,21-,22-/m1/s1. The zero-order chi connectivity index (χ0) is 23.9. The highest BCUT2D eigenvalue weighted by Crippen LogP contribution is 2.43. The molecule has 11 heteroatoms. The van der Waals surface area contributed by atoms with Crippen molar-refractivity contribution in [2.45, 2.75) is 43.2 Å². The van der Waals surface area contributed by atoms with Crippen LogP contribution in [0.4, 0.5) is 0 Å². The average Bonchev–Trinajstić information content (AvgIpc) is 2.79. The summed E-state index contributed by atoms with van der Waals surface area (Å²) in [6.07, 6.45) is -8.44. The monoisotopic (exact) mass is 464 g/mol. The lowest BCUT2D eigenvalue weighted by Gasteiger charge is -2.39. The number of aromatic hydroxyl groups is 2. The van der Waals surface area contributed by atoms with Crippen LogP contribution in [0.1, 0.15) is 28.4 Å². The molecular formula is C22H24O11. The number of carbonyl (C=O) groups excluding carboxylic acids is 1. The molecule has 178 valence electrons. The van der Waals surface area contributed by atoms with Crippen molar-refractivity contribution in [1.29, 1.82) is 0 Å². The van der Waals surface area contributed by atoms with Gasteiger partial charge in [0.2, 0.25) is 6.29 Å². The van der Waals surface area contributed by atoms with Crippen LogP contribution in [0.15, 0.2) is 30.3 Å². The maximum atomic E-state index is 12.6. The summed E-state index contributed by atoms with van der Waals surface area (Å²) < 4.78 is 21.8. The molecule has 1 unspecified atom stereocenters. The number of hydrogen-bond donors (Lipinski definition) is 6. The van der Waals surface area contributed by atoms with Crippen molar-refractivity contribution in [2.24, 2.45) is 0 Å². The van der Waals surface area contributed by atoms with Crippen LogP contribution in [0, 0.1) is 0 Å². The number of phenols is 2. The Bertz CT molecular complexity index is 1040. The molecule has 1 saturated heterocycles. The fourth-order valence-electron chi connectivity index (χ4n) is 3.83. The molecule has 2 aliphatic rings. The number of ether oxygens (including phenoxy) is 4. The Labute approximate surface area is 188 Å². The van der Waals surface area contributed by atoms with Crippen molar-refractivity contribution < 1.29 is 54.4 Å². The topological polar surface area (TPSA) is 175 Å². The Kier molecular flexibility index (Phi) is 6.32. The number of aliphatic hydroxyl groups is 4. The maximum absolute atomic E-state index is 12.6. The zero-order valence-corrected chi connectivity index (χ0v) is 17.5. The van der Waals surface area contributed by atoms with Crippen LogP contribution >= 0.6 is 0 Å². The van der Waals surface area contributed by atoms with E-state index in [1.807, 2.05) is 0 Å². The lowest BCUT2D eigenvalue weighted by atomic mass is 9.95. The van der Waals surface area contributed by atoms with Gasteiger partial charge in [-0.05, 0) is 17.7 Å². The molecule has 11 nitrogen and oxygen atoms in total. The number of phenolic OH excluding ortho intramolecular Hbond substituents is 2. The second-order valence-electron chi connectivity index (χ2n) is 7.80. The van der Waals surface area contributed by atoms with Gasteiger partial charge in [0, 0.05) is 12.1 Å². The van der Waals surface area contributed by atoms with E-state index in [1.165, 1.54) is 37.4 Å². The van der Waals surface area contributed by atoms with E-state index < -0.39 is 43.4 Å². The summed E-state index contributed by atoms with van der Waals surface area (Å²) in [5.74, 6) is -0.643. The predicted molar refractivity (Wildman–Crippen MR) is 109 cm³/mol. The number of carbonyl (C=O) groups is 1. The number of methoxy groups -OCH3 is 1. The first kappa shape index (κ1) is 23.1. The Morgan fingerprint density at radius 2 is 1.79 bits per heavy atom. The smallest absolute Gasteiger partial charge is 0.229 e. The van der Waals surface area contributed by atoms with Crippen molar-refractivity contribution in [1.82, 2.24) is 0 Å². The first-order valence-electron chi connectivity index (χ1n) is 10.1. The number of Topliss-reactive ketones (excluding diaryl/α,β-unsaturated/α-hetero) is 1. The van der Waals surface area contributed by atoms with Gasteiger partial charge >= 0.3 is 0 Å². The van der Waals surface area contributed by atoms with Gasteiger partial charge in [0.15, 0.2) is 17.3 Å². The van der Waals surface area contributed by atoms with Gasteiger partial charge in [-0.2, -0.15) is 0 Å². The highest BCUT2D eigenvalue weighted by Gasteiger charge is 2.45. The third-order valence-electron chi connectivity index (χ3n) is 5.66. The molecule has 0 aromatic heterocycles. The van der Waals surface area contributed by atoms with Gasteiger partial charge in [-0.3, -0.25) is 4.79 Å². The summed E-state index contributed by atoms with van der Waals surface area (Å²) in [7, 11) is 1.41. The molecule has 1 fully saturated rings. The quantitative estimate of drug-likeness (QED) is 0.351. The van der Waals surface area contributed by atoms with Gasteiger partial charge in [0.05, 0.1) is 20.1 Å². The Morgan fingerprint density at radius 1 is 1.03 bits per heavy atom. The minimum absolute atomic E-state index is 0.0450. The summed E-state index contributed by atoms with van der Waals surface area (Å²) in [6.45, 7) is -0.634. The number of ketones is 1. The number of benzene rings is 2. The lowest BCUT2D eigenvalue weighted by molar-refractivity contribution is -0.277. The van der Waals surface area contributed by atoms with E-state index in [0.717, 1.165) is 0 Å². The van der Waals surface area contributed by atoms with Crippen LogP contribution in [0.2, 0.25) is 0 Å². The van der Waals surface area contributed by atoms with Crippen molar-refractivity contribution in [3.63, 3.8) is 0 Å². The molecule has 33 heavy (non-hydrogen) atoms. The average molecular weight is 464 g/mol. The number of hydrogen-bond acceptors (Lipinski definition) is 11. The van der Waals surface area contributed by atoms with E-state index >= 15 is 0 Å². The molecule has 0 radical (unpaired) electrons. The molecule has 6 atom stereocenters. The molecule has 0 bridgehead atoms. The minimum atomic E-state index is -1.67. The van der Waals surface area contributed by atoms with Crippen LogP contribution in [0.25, 0.3) is 0 Å². The molecule has 2 heterocycles. The van der Waals surface area contributed by atoms with Crippen molar-refractivity contribution in [3.8, 4) is 28.7 Å². The predicted octanol–water partition coefficient (Wildman–Crippen LogP) is -0.00840. The van der Waals surface area contributed by atoms with E-state index in [1.54, 1.807) is 0 Å². The Hall–Kier alpha value is -3.09. The summed E-state index contributed by atoms with van der Waals surface area (Å²) in [4.78, 5) is 12.6. The lowest BCUT2D eigenvalue weighted by Crippen LogP contribution is -2.60. The molecule has 6 N–H and O–H groups in total. The van der Waals surface area contributed by atoms with Crippen LogP contribution < -0.4 is 14.2 Å². The van der Waals surface area contributed by atoms with Gasteiger partial charge in [0.25, 0.3) is 0 Å². The largest absolute Gasteiger partial charge is 0.507 e. The minimum Gasteiger partial charge on any atom is -0.507 e. The first-order valence-corrected chi connectivity index (χ1v) is 10.1. The van der Waals surface area contributed by atoms with Crippen LogP contribution in [-0.4, -0.2) is 80.8 Å². The third-order valence-corrected chi connectivity index (χ3v) is 5.66. The van der Waals surface area contributed by atoms with Gasteiger partial charge in [-0.15, -0.1) is 0 Å². The number of fused-ring (bicyclic) bond motifs is 1. The normalized spacial score (nSPS) is 29.2. The second kappa shape index (κ2) is 9.04. The SMILES string of the molecule is COc1cc(O)c2c(c1)OC(c1ccc(O)c(O[C@@H]3O[C@H](CO)[C@@H](O)[C@H](O)[C@H]3O)c1)CC2=O. The summed E-state index contributed by atoms with van der Waals surface area (Å²) in [6, 6.07) is 6.97. The molecule has 2 aliphatic heterocycles. The Morgan fingerprint density at radius 3 is 2.48 bits per heavy atom. The molecule has 0 spiro atoms. The zero-order valence-electron chi connectivity index (χ0n) is 17.5. The van der Waals surface area contributed by atoms with E-state index in [-0.39, 0.29) is 40.8 Å².